The molecule has 1 amide bonds. The summed E-state index contributed by atoms with van der Waals surface area (Å²) in [5.41, 5.74) is 5.85. The van der Waals surface area contributed by atoms with Gasteiger partial charge in [-0.25, -0.2) is 9.97 Å². The second-order valence-electron chi connectivity index (χ2n) is 6.97. The predicted octanol–water partition coefficient (Wildman–Crippen LogP) is 3.15. The van der Waals surface area contributed by atoms with E-state index in [-0.39, 0.29) is 5.91 Å². The highest BCUT2D eigenvalue weighted by molar-refractivity contribution is 7.16. The maximum atomic E-state index is 12.6. The fraction of sp³-hybridized carbons (Fsp3) is 0.190. The van der Waals surface area contributed by atoms with Crippen molar-refractivity contribution in [3.8, 4) is 0 Å². The third-order valence-corrected chi connectivity index (χ3v) is 6.82. The van der Waals surface area contributed by atoms with E-state index in [2.05, 4.69) is 45.6 Å². The van der Waals surface area contributed by atoms with Gasteiger partial charge in [-0.15, -0.1) is 11.3 Å². The van der Waals surface area contributed by atoms with Gasteiger partial charge in [-0.3, -0.25) is 10.1 Å². The minimum Gasteiger partial charge on any atom is -0.326 e. The fourth-order valence-corrected chi connectivity index (χ4v) is 5.37. The summed E-state index contributed by atoms with van der Waals surface area (Å²) in [5, 5.41) is 3.68. The number of fused-ring (bicyclic) bond motifs is 2. The van der Waals surface area contributed by atoms with Gasteiger partial charge in [0.05, 0.1) is 32.8 Å². The van der Waals surface area contributed by atoms with Crippen molar-refractivity contribution in [2.45, 2.75) is 19.5 Å². The minimum absolute atomic E-state index is 0.116. The Balaban J connectivity index is 1.28. The number of nitrogens with one attached hydrogen (secondary N) is 2. The van der Waals surface area contributed by atoms with Crippen LogP contribution < -0.4 is 10.2 Å². The molecular weight excluding hydrogens is 388 g/mol. The van der Waals surface area contributed by atoms with E-state index in [1.54, 1.807) is 28.2 Å². The Bertz CT molecular complexity index is 1140. The number of hydrogen-bond donors (Lipinski definition) is 2. The monoisotopic (exact) mass is 407 g/mol. The molecule has 5 nitrogen and oxygen atoms in total. The topological polar surface area (TPSA) is 59.3 Å². The van der Waals surface area contributed by atoms with Gasteiger partial charge in [0, 0.05) is 17.5 Å². The van der Waals surface area contributed by atoms with E-state index in [0.29, 0.717) is 10.7 Å². The lowest BCUT2D eigenvalue weighted by molar-refractivity contribution is -0.929. The molecule has 2 aromatic heterocycles. The molecule has 0 saturated heterocycles. The number of nitrogens with zero attached hydrogens (tertiary/aromatic N) is 2. The Kier molecular flexibility index (Phi) is 4.64. The smallest absolute Gasteiger partial charge is 0.257 e. The molecule has 0 bridgehead atoms. The molecule has 2 N–H and O–H groups in total. The third-order valence-electron chi connectivity index (χ3n) is 5.02. The lowest BCUT2D eigenvalue weighted by Crippen LogP contribution is -3.10. The molecule has 140 valence electrons. The molecule has 1 aliphatic heterocycles. The van der Waals surface area contributed by atoms with E-state index in [0.717, 1.165) is 42.0 Å². The SMILES string of the molecule is O=C(Nc1nc2c(s1)C[NH+](Cc1ccccc1)CC2)c1ccc2ncsc2c1. The molecule has 1 atom stereocenters. The zero-order valence-corrected chi connectivity index (χ0v) is 16.8. The first-order chi connectivity index (χ1) is 13.7. The molecule has 0 radical (unpaired) electrons. The summed E-state index contributed by atoms with van der Waals surface area (Å²) in [6, 6.07) is 16.2. The number of anilines is 1. The number of rotatable bonds is 4. The summed E-state index contributed by atoms with van der Waals surface area (Å²) in [6.07, 6.45) is 0.955. The molecule has 28 heavy (non-hydrogen) atoms. The molecule has 0 fully saturated rings. The second-order valence-corrected chi connectivity index (χ2v) is 8.94. The maximum Gasteiger partial charge on any atom is 0.257 e. The van der Waals surface area contributed by atoms with Crippen LogP contribution in [-0.2, 0) is 19.5 Å². The Morgan fingerprint density at radius 2 is 2.07 bits per heavy atom. The van der Waals surface area contributed by atoms with Crippen molar-refractivity contribution >= 4 is 43.9 Å². The quantitative estimate of drug-likeness (QED) is 0.546. The van der Waals surface area contributed by atoms with Gasteiger partial charge in [-0.05, 0) is 18.2 Å². The van der Waals surface area contributed by atoms with E-state index >= 15 is 0 Å². The van der Waals surface area contributed by atoms with Crippen LogP contribution in [-0.4, -0.2) is 22.4 Å². The average Bonchev–Trinajstić information content (AvgIpc) is 3.34. The molecule has 0 saturated carbocycles. The maximum absolute atomic E-state index is 12.6. The molecule has 4 aromatic rings. The molecule has 5 rings (SSSR count). The fourth-order valence-electron chi connectivity index (χ4n) is 3.58. The highest BCUT2D eigenvalue weighted by Gasteiger charge is 2.24. The van der Waals surface area contributed by atoms with Crippen LogP contribution >= 0.6 is 22.7 Å². The lowest BCUT2D eigenvalue weighted by Gasteiger charge is -2.22. The van der Waals surface area contributed by atoms with Crippen molar-refractivity contribution in [2.24, 2.45) is 0 Å². The standard InChI is InChI=1S/C21H18N4OS2/c26-20(15-6-7-16-18(10-15)27-13-22-16)24-21-23-17-8-9-25(12-19(17)28-21)11-14-4-2-1-3-5-14/h1-7,10,13H,8-9,11-12H2,(H,23,24,26)/p+1. The third kappa shape index (κ3) is 3.56. The van der Waals surface area contributed by atoms with Crippen molar-refractivity contribution in [3.05, 3.63) is 75.7 Å². The number of benzene rings is 2. The Morgan fingerprint density at radius 1 is 1.18 bits per heavy atom. The summed E-state index contributed by atoms with van der Waals surface area (Å²) in [5.74, 6) is -0.116. The summed E-state index contributed by atoms with van der Waals surface area (Å²) >= 11 is 3.15. The first-order valence-electron chi connectivity index (χ1n) is 9.25. The molecule has 7 heteroatoms. The molecule has 2 aromatic carbocycles. The summed E-state index contributed by atoms with van der Waals surface area (Å²) in [6.45, 7) is 3.06. The Labute approximate surface area is 170 Å². The van der Waals surface area contributed by atoms with Crippen LogP contribution in [0.15, 0.2) is 54.0 Å². The van der Waals surface area contributed by atoms with Crippen LogP contribution in [0.4, 0.5) is 5.13 Å². The van der Waals surface area contributed by atoms with Crippen LogP contribution in [0.1, 0.15) is 26.5 Å². The van der Waals surface area contributed by atoms with Gasteiger partial charge in [0.2, 0.25) is 0 Å². The predicted molar refractivity (Wildman–Crippen MR) is 113 cm³/mol. The molecule has 1 aliphatic rings. The Hall–Kier alpha value is -2.61. The zero-order valence-electron chi connectivity index (χ0n) is 15.1. The summed E-state index contributed by atoms with van der Waals surface area (Å²) in [4.78, 5) is 24.4. The van der Waals surface area contributed by atoms with Crippen LogP contribution in [0.3, 0.4) is 0 Å². The van der Waals surface area contributed by atoms with Gasteiger partial charge in [0.1, 0.15) is 13.1 Å². The van der Waals surface area contributed by atoms with Crippen LogP contribution in [0.25, 0.3) is 10.2 Å². The minimum atomic E-state index is -0.116. The van der Waals surface area contributed by atoms with Crippen LogP contribution in [0, 0.1) is 0 Å². The van der Waals surface area contributed by atoms with E-state index < -0.39 is 0 Å². The molecule has 0 spiro atoms. The molecule has 1 unspecified atom stereocenters. The highest BCUT2D eigenvalue weighted by Crippen LogP contribution is 2.25. The average molecular weight is 408 g/mol. The molecular formula is C21H19N4OS2+. The number of carbonyl (C=O) groups is 1. The lowest BCUT2D eigenvalue weighted by atomic mass is 10.1. The van der Waals surface area contributed by atoms with Crippen molar-refractivity contribution in [2.75, 3.05) is 11.9 Å². The van der Waals surface area contributed by atoms with Crippen molar-refractivity contribution in [3.63, 3.8) is 0 Å². The van der Waals surface area contributed by atoms with Crippen molar-refractivity contribution in [1.82, 2.24) is 9.97 Å². The molecule has 0 aliphatic carbocycles. The second kappa shape index (κ2) is 7.43. The van der Waals surface area contributed by atoms with Crippen molar-refractivity contribution in [1.29, 1.82) is 0 Å². The van der Waals surface area contributed by atoms with Gasteiger partial charge < -0.3 is 4.90 Å². The van der Waals surface area contributed by atoms with Gasteiger partial charge in [0.25, 0.3) is 5.91 Å². The van der Waals surface area contributed by atoms with E-state index in [4.69, 9.17) is 0 Å². The van der Waals surface area contributed by atoms with Crippen LogP contribution in [0.5, 0.6) is 0 Å². The van der Waals surface area contributed by atoms with E-state index in [9.17, 15) is 4.79 Å². The first-order valence-corrected chi connectivity index (χ1v) is 10.9. The van der Waals surface area contributed by atoms with Gasteiger partial charge in [0.15, 0.2) is 5.13 Å². The summed E-state index contributed by atoms with van der Waals surface area (Å²) in [7, 11) is 0. The van der Waals surface area contributed by atoms with Gasteiger partial charge in [-0.2, -0.15) is 0 Å². The number of hydrogen-bond acceptors (Lipinski definition) is 5. The highest BCUT2D eigenvalue weighted by atomic mass is 32.1. The number of aromatic nitrogens is 2. The Morgan fingerprint density at radius 3 is 2.96 bits per heavy atom. The van der Waals surface area contributed by atoms with Crippen LogP contribution in [0.2, 0.25) is 0 Å². The normalized spacial score (nSPS) is 16.1. The zero-order chi connectivity index (χ0) is 18.9. The van der Waals surface area contributed by atoms with Gasteiger partial charge in [-0.1, -0.05) is 41.7 Å². The van der Waals surface area contributed by atoms with Crippen molar-refractivity contribution < 1.29 is 9.69 Å². The largest absolute Gasteiger partial charge is 0.326 e. The number of carbonyl (C=O) groups excluding carboxylic acids is 1. The molecule has 3 heterocycles. The summed E-state index contributed by atoms with van der Waals surface area (Å²) < 4.78 is 1.02. The number of thiazole rings is 2. The van der Waals surface area contributed by atoms with E-state index in [1.165, 1.54) is 15.3 Å². The van der Waals surface area contributed by atoms with E-state index in [1.807, 2.05) is 18.2 Å². The number of amides is 1. The van der Waals surface area contributed by atoms with Gasteiger partial charge >= 0.3 is 0 Å². The number of quaternary nitrogens is 1. The first kappa shape index (κ1) is 17.5.